The molecular weight excluding hydrogens is 196 g/mol. The number of hydrogen-bond donors (Lipinski definition) is 0. The van der Waals surface area contributed by atoms with Gasteiger partial charge in [0.1, 0.15) is 4.34 Å². The highest BCUT2D eigenvalue weighted by molar-refractivity contribution is 7.14. The van der Waals surface area contributed by atoms with E-state index < -0.39 is 0 Å². The standard InChI is InChI=1S/C8H7ClO2S/c1-11-7(10)3-2-6-4-5-12-8(6)9/h2-5H,1H3/b3-2+. The zero-order valence-corrected chi connectivity index (χ0v) is 7.98. The van der Waals surface area contributed by atoms with Gasteiger partial charge in [0.2, 0.25) is 0 Å². The first kappa shape index (κ1) is 9.29. The van der Waals surface area contributed by atoms with Gasteiger partial charge >= 0.3 is 5.97 Å². The van der Waals surface area contributed by atoms with E-state index in [0.29, 0.717) is 4.34 Å². The van der Waals surface area contributed by atoms with Gasteiger partial charge in [-0.2, -0.15) is 0 Å². The third-order valence-corrected chi connectivity index (χ3v) is 2.45. The zero-order chi connectivity index (χ0) is 8.97. The highest BCUT2D eigenvalue weighted by Gasteiger charge is 1.97. The van der Waals surface area contributed by atoms with Crippen LogP contribution >= 0.6 is 22.9 Å². The van der Waals surface area contributed by atoms with Crippen LogP contribution in [0.15, 0.2) is 17.5 Å². The molecule has 0 fully saturated rings. The summed E-state index contributed by atoms with van der Waals surface area (Å²) < 4.78 is 5.10. The summed E-state index contributed by atoms with van der Waals surface area (Å²) >= 11 is 7.21. The third kappa shape index (κ3) is 2.36. The van der Waals surface area contributed by atoms with Crippen LogP contribution in [0.2, 0.25) is 4.34 Å². The molecule has 0 amide bonds. The van der Waals surface area contributed by atoms with Crippen LogP contribution in [0.25, 0.3) is 6.08 Å². The van der Waals surface area contributed by atoms with Gasteiger partial charge in [0, 0.05) is 11.6 Å². The third-order valence-electron chi connectivity index (χ3n) is 1.25. The molecule has 0 atom stereocenters. The number of carbonyl (C=O) groups is 1. The van der Waals surface area contributed by atoms with Crippen LogP contribution in [-0.4, -0.2) is 13.1 Å². The Kier molecular flexibility index (Phi) is 3.31. The van der Waals surface area contributed by atoms with Gasteiger partial charge in [0.25, 0.3) is 0 Å². The SMILES string of the molecule is COC(=O)/C=C/c1ccsc1Cl. The van der Waals surface area contributed by atoms with Crippen LogP contribution in [0.3, 0.4) is 0 Å². The van der Waals surface area contributed by atoms with Crippen LogP contribution in [0.5, 0.6) is 0 Å². The molecule has 0 unspecified atom stereocenters. The topological polar surface area (TPSA) is 26.3 Å². The molecule has 0 saturated heterocycles. The van der Waals surface area contributed by atoms with E-state index in [2.05, 4.69) is 4.74 Å². The number of thiophene rings is 1. The Morgan fingerprint density at radius 2 is 2.50 bits per heavy atom. The van der Waals surface area contributed by atoms with Crippen molar-refractivity contribution in [3.05, 3.63) is 27.4 Å². The van der Waals surface area contributed by atoms with Crippen molar-refractivity contribution in [2.45, 2.75) is 0 Å². The molecule has 0 bridgehead atoms. The van der Waals surface area contributed by atoms with E-state index in [-0.39, 0.29) is 5.97 Å². The predicted octanol–water partition coefficient (Wildman–Crippen LogP) is 2.59. The second kappa shape index (κ2) is 4.28. The van der Waals surface area contributed by atoms with Gasteiger partial charge in [-0.25, -0.2) is 4.79 Å². The molecule has 0 radical (unpaired) electrons. The fourth-order valence-corrected chi connectivity index (χ4v) is 1.53. The maximum Gasteiger partial charge on any atom is 0.330 e. The molecule has 64 valence electrons. The van der Waals surface area contributed by atoms with Crippen molar-refractivity contribution < 1.29 is 9.53 Å². The Balaban J connectivity index is 2.69. The number of hydrogen-bond acceptors (Lipinski definition) is 3. The minimum atomic E-state index is -0.378. The summed E-state index contributed by atoms with van der Waals surface area (Å²) in [5, 5.41) is 1.86. The molecule has 1 rings (SSSR count). The van der Waals surface area contributed by atoms with E-state index in [1.807, 2.05) is 11.4 Å². The van der Waals surface area contributed by atoms with E-state index in [1.54, 1.807) is 6.08 Å². The highest BCUT2D eigenvalue weighted by atomic mass is 35.5. The number of carbonyl (C=O) groups excluding carboxylic acids is 1. The van der Waals surface area contributed by atoms with Crippen molar-refractivity contribution in [3.8, 4) is 0 Å². The zero-order valence-electron chi connectivity index (χ0n) is 6.41. The van der Waals surface area contributed by atoms with E-state index >= 15 is 0 Å². The largest absolute Gasteiger partial charge is 0.466 e. The first-order chi connectivity index (χ1) is 5.74. The van der Waals surface area contributed by atoms with Gasteiger partial charge in [-0.1, -0.05) is 11.6 Å². The first-order valence-corrected chi connectivity index (χ1v) is 4.49. The normalized spacial score (nSPS) is 10.5. The predicted molar refractivity (Wildman–Crippen MR) is 50.4 cm³/mol. The molecule has 2 nitrogen and oxygen atoms in total. The Labute approximate surface area is 79.4 Å². The average molecular weight is 203 g/mol. The summed E-state index contributed by atoms with van der Waals surface area (Å²) in [6.45, 7) is 0. The average Bonchev–Trinajstić information content (AvgIpc) is 2.47. The van der Waals surface area contributed by atoms with Crippen molar-refractivity contribution >= 4 is 35.0 Å². The van der Waals surface area contributed by atoms with Crippen molar-refractivity contribution in [2.75, 3.05) is 7.11 Å². The number of esters is 1. The molecule has 0 aliphatic heterocycles. The lowest BCUT2D eigenvalue weighted by Crippen LogP contribution is -1.92. The Hall–Kier alpha value is -0.800. The highest BCUT2D eigenvalue weighted by Crippen LogP contribution is 2.23. The smallest absolute Gasteiger partial charge is 0.330 e. The summed E-state index contributed by atoms with van der Waals surface area (Å²) in [6.07, 6.45) is 2.97. The molecular formula is C8H7ClO2S. The minimum Gasteiger partial charge on any atom is -0.466 e. The summed E-state index contributed by atoms with van der Waals surface area (Å²) in [4.78, 5) is 10.7. The van der Waals surface area contributed by atoms with Crippen molar-refractivity contribution in [3.63, 3.8) is 0 Å². The van der Waals surface area contributed by atoms with Gasteiger partial charge in [-0.3, -0.25) is 0 Å². The summed E-state index contributed by atoms with van der Waals surface area (Å²) in [5.74, 6) is -0.378. The van der Waals surface area contributed by atoms with E-state index in [1.165, 1.54) is 24.5 Å². The van der Waals surface area contributed by atoms with Crippen molar-refractivity contribution in [2.24, 2.45) is 0 Å². The molecule has 0 saturated carbocycles. The Morgan fingerprint density at radius 3 is 3.00 bits per heavy atom. The monoisotopic (exact) mass is 202 g/mol. The fourth-order valence-electron chi connectivity index (χ4n) is 0.648. The first-order valence-electron chi connectivity index (χ1n) is 3.23. The molecule has 1 aromatic heterocycles. The van der Waals surface area contributed by atoms with Gasteiger partial charge in [-0.15, -0.1) is 11.3 Å². The molecule has 0 spiro atoms. The summed E-state index contributed by atoms with van der Waals surface area (Å²) in [5.41, 5.74) is 0.840. The van der Waals surface area contributed by atoms with Crippen LogP contribution in [0, 0.1) is 0 Å². The van der Waals surface area contributed by atoms with Crippen LogP contribution < -0.4 is 0 Å². The van der Waals surface area contributed by atoms with Gasteiger partial charge in [-0.05, 0) is 17.5 Å². The summed E-state index contributed by atoms with van der Waals surface area (Å²) in [6, 6.07) is 1.84. The number of halogens is 1. The van der Waals surface area contributed by atoms with Crippen LogP contribution in [-0.2, 0) is 9.53 Å². The second-order valence-corrected chi connectivity index (χ2v) is 3.52. The van der Waals surface area contributed by atoms with Gasteiger partial charge < -0.3 is 4.74 Å². The second-order valence-electron chi connectivity index (χ2n) is 2.01. The quantitative estimate of drug-likeness (QED) is 0.544. The Bertz CT molecular complexity index is 304. The van der Waals surface area contributed by atoms with E-state index in [0.717, 1.165) is 5.56 Å². The number of rotatable bonds is 2. The lowest BCUT2D eigenvalue weighted by molar-refractivity contribution is -0.134. The lowest BCUT2D eigenvalue weighted by atomic mass is 10.3. The lowest BCUT2D eigenvalue weighted by Gasteiger charge is -1.89. The van der Waals surface area contributed by atoms with Gasteiger partial charge in [0.15, 0.2) is 0 Å². The number of methoxy groups -OCH3 is 1. The molecule has 1 aromatic rings. The molecule has 0 aromatic carbocycles. The minimum absolute atomic E-state index is 0.378. The Morgan fingerprint density at radius 1 is 1.75 bits per heavy atom. The molecule has 12 heavy (non-hydrogen) atoms. The molecule has 0 aliphatic rings. The molecule has 0 aliphatic carbocycles. The molecule has 4 heteroatoms. The number of ether oxygens (including phenoxy) is 1. The summed E-state index contributed by atoms with van der Waals surface area (Å²) in [7, 11) is 1.34. The van der Waals surface area contributed by atoms with Crippen molar-refractivity contribution in [1.29, 1.82) is 0 Å². The maximum absolute atomic E-state index is 10.7. The molecule has 1 heterocycles. The van der Waals surface area contributed by atoms with E-state index in [9.17, 15) is 4.79 Å². The van der Waals surface area contributed by atoms with E-state index in [4.69, 9.17) is 11.6 Å². The van der Waals surface area contributed by atoms with Crippen molar-refractivity contribution in [1.82, 2.24) is 0 Å². The van der Waals surface area contributed by atoms with Crippen LogP contribution in [0.4, 0.5) is 0 Å². The maximum atomic E-state index is 10.7. The van der Waals surface area contributed by atoms with Gasteiger partial charge in [0.05, 0.1) is 7.11 Å². The fraction of sp³-hybridized carbons (Fsp3) is 0.125. The molecule has 0 N–H and O–H groups in total. The van der Waals surface area contributed by atoms with Crippen LogP contribution in [0.1, 0.15) is 5.56 Å².